The molecule has 0 spiro atoms. The number of hydrogen-bond donors (Lipinski definition) is 0. The van der Waals surface area contributed by atoms with Crippen LogP contribution in [0.5, 0.6) is 0 Å². The van der Waals surface area contributed by atoms with E-state index in [9.17, 15) is 14.4 Å². The smallest absolute Gasteiger partial charge is 0.338 e. The minimum absolute atomic E-state index is 0.0926. The maximum absolute atomic E-state index is 12.8. The molecule has 0 aromatic heterocycles. The van der Waals surface area contributed by atoms with Gasteiger partial charge < -0.3 is 14.4 Å². The Morgan fingerprint density at radius 1 is 1.15 bits per heavy atom. The van der Waals surface area contributed by atoms with Gasteiger partial charge in [-0.15, -0.1) is 0 Å². The third-order valence-electron chi connectivity index (χ3n) is 4.42. The van der Waals surface area contributed by atoms with Crippen molar-refractivity contribution >= 4 is 35.1 Å². The van der Waals surface area contributed by atoms with Gasteiger partial charge in [0.2, 0.25) is 0 Å². The minimum atomic E-state index is -0.568. The van der Waals surface area contributed by atoms with E-state index in [1.54, 1.807) is 17.0 Å². The van der Waals surface area contributed by atoms with E-state index in [4.69, 9.17) is 21.1 Å². The molecule has 3 rings (SSSR count). The molecule has 0 saturated carbocycles. The molecule has 2 aliphatic heterocycles. The predicted molar refractivity (Wildman–Crippen MR) is 99.4 cm³/mol. The van der Waals surface area contributed by atoms with Crippen LogP contribution in [0.4, 0.5) is 5.69 Å². The normalized spacial score (nSPS) is 17.7. The zero-order valence-electron chi connectivity index (χ0n) is 15.1. The zero-order chi connectivity index (χ0) is 19.4. The number of rotatable bonds is 6. The van der Waals surface area contributed by atoms with Gasteiger partial charge in [-0.05, 0) is 30.7 Å². The summed E-state index contributed by atoms with van der Waals surface area (Å²) in [6, 6.07) is 6.15. The van der Waals surface area contributed by atoms with Crippen LogP contribution in [0, 0.1) is 0 Å². The highest BCUT2D eigenvalue weighted by Crippen LogP contribution is 2.31. The van der Waals surface area contributed by atoms with Gasteiger partial charge in [-0.3, -0.25) is 9.59 Å². The van der Waals surface area contributed by atoms with E-state index in [1.807, 2.05) is 6.92 Å². The van der Waals surface area contributed by atoms with Crippen molar-refractivity contribution in [3.63, 3.8) is 0 Å². The molecule has 144 valence electrons. The largest absolute Gasteiger partial charge is 0.462 e. The molecule has 2 heterocycles. The fourth-order valence-corrected chi connectivity index (χ4v) is 3.21. The topological polar surface area (TPSA) is 76.2 Å². The van der Waals surface area contributed by atoms with Crippen LogP contribution in [-0.4, -0.2) is 55.6 Å². The number of carbonyl (C=O) groups excluding carboxylic acids is 3. The summed E-state index contributed by atoms with van der Waals surface area (Å²) in [5.74, 6) is -1.47. The van der Waals surface area contributed by atoms with E-state index in [1.165, 1.54) is 12.1 Å². The fourth-order valence-electron chi connectivity index (χ4n) is 2.93. The van der Waals surface area contributed by atoms with Crippen molar-refractivity contribution in [3.8, 4) is 0 Å². The average molecular weight is 393 g/mol. The lowest BCUT2D eigenvalue weighted by atomic mass is 10.2. The first-order chi connectivity index (χ1) is 13.0. The second-order valence-electron chi connectivity index (χ2n) is 6.24. The lowest BCUT2D eigenvalue weighted by Gasteiger charge is -2.29. The average Bonchev–Trinajstić information content (AvgIpc) is 2.91. The highest BCUT2D eigenvalue weighted by Gasteiger charge is 2.41. The van der Waals surface area contributed by atoms with Gasteiger partial charge in [-0.2, -0.15) is 0 Å². The van der Waals surface area contributed by atoms with Crippen molar-refractivity contribution < 1.29 is 23.9 Å². The summed E-state index contributed by atoms with van der Waals surface area (Å²) in [5, 5.41) is -0.0926. The third kappa shape index (κ3) is 3.99. The van der Waals surface area contributed by atoms with Crippen LogP contribution in [0.15, 0.2) is 35.0 Å². The molecule has 0 atom stereocenters. The molecule has 2 aliphatic rings. The summed E-state index contributed by atoms with van der Waals surface area (Å²) in [5.41, 5.74) is 0.922. The van der Waals surface area contributed by atoms with E-state index in [-0.39, 0.29) is 10.7 Å². The van der Waals surface area contributed by atoms with Gasteiger partial charge in [-0.25, -0.2) is 9.69 Å². The highest BCUT2D eigenvalue weighted by molar-refractivity contribution is 6.52. The Kier molecular flexibility index (Phi) is 6.13. The molecule has 0 aliphatic carbocycles. The first-order valence-electron chi connectivity index (χ1n) is 8.93. The summed E-state index contributed by atoms with van der Waals surface area (Å²) in [4.78, 5) is 40.1. The Bertz CT molecular complexity index is 769. The molecular formula is C19H21ClN2O5. The molecule has 0 N–H and O–H groups in total. The number of anilines is 1. The van der Waals surface area contributed by atoms with Crippen molar-refractivity contribution in [3.05, 3.63) is 40.6 Å². The van der Waals surface area contributed by atoms with Gasteiger partial charge in [0.05, 0.1) is 31.1 Å². The van der Waals surface area contributed by atoms with Crippen molar-refractivity contribution in [2.45, 2.75) is 19.8 Å². The number of imide groups is 1. The molecule has 1 aromatic carbocycles. The van der Waals surface area contributed by atoms with Gasteiger partial charge in [0.15, 0.2) is 0 Å². The highest BCUT2D eigenvalue weighted by atomic mass is 35.5. The zero-order valence-corrected chi connectivity index (χ0v) is 15.8. The van der Waals surface area contributed by atoms with E-state index >= 15 is 0 Å². The van der Waals surface area contributed by atoms with Crippen molar-refractivity contribution in [1.29, 1.82) is 0 Å². The maximum Gasteiger partial charge on any atom is 0.338 e. The van der Waals surface area contributed by atoms with Crippen LogP contribution in [0.2, 0.25) is 0 Å². The minimum Gasteiger partial charge on any atom is -0.462 e. The van der Waals surface area contributed by atoms with Crippen LogP contribution in [0.3, 0.4) is 0 Å². The molecule has 1 saturated heterocycles. The maximum atomic E-state index is 12.8. The van der Waals surface area contributed by atoms with E-state index in [0.29, 0.717) is 44.2 Å². The molecule has 0 unspecified atom stereocenters. The monoisotopic (exact) mass is 392 g/mol. The van der Waals surface area contributed by atoms with Crippen LogP contribution in [0.1, 0.15) is 30.1 Å². The summed E-state index contributed by atoms with van der Waals surface area (Å²) in [6.45, 7) is 4.33. The van der Waals surface area contributed by atoms with E-state index in [2.05, 4.69) is 0 Å². The van der Waals surface area contributed by atoms with Gasteiger partial charge in [0.1, 0.15) is 10.7 Å². The lowest BCUT2D eigenvalue weighted by Crippen LogP contribution is -2.40. The quantitative estimate of drug-likeness (QED) is 0.420. The van der Waals surface area contributed by atoms with Gasteiger partial charge in [0.25, 0.3) is 11.8 Å². The second-order valence-corrected chi connectivity index (χ2v) is 6.62. The first-order valence-corrected chi connectivity index (χ1v) is 9.30. The Morgan fingerprint density at radius 3 is 2.44 bits per heavy atom. The summed E-state index contributed by atoms with van der Waals surface area (Å²) < 4.78 is 10.4. The molecule has 7 nitrogen and oxygen atoms in total. The van der Waals surface area contributed by atoms with Gasteiger partial charge in [-0.1, -0.05) is 24.9 Å². The predicted octanol–water partition coefficient (Wildman–Crippen LogP) is 2.30. The van der Waals surface area contributed by atoms with Crippen LogP contribution >= 0.6 is 11.6 Å². The third-order valence-corrected chi connectivity index (χ3v) is 4.76. The number of ether oxygens (including phenoxy) is 2. The van der Waals surface area contributed by atoms with Crippen molar-refractivity contribution in [2.75, 3.05) is 37.8 Å². The molecule has 0 bridgehead atoms. The fraction of sp³-hybridized carbons (Fsp3) is 0.421. The molecule has 27 heavy (non-hydrogen) atoms. The number of amides is 2. The number of halogens is 1. The first kappa shape index (κ1) is 19.4. The van der Waals surface area contributed by atoms with E-state index in [0.717, 1.165) is 17.7 Å². The number of nitrogens with zero attached hydrogens (tertiary/aromatic N) is 2. The number of esters is 1. The van der Waals surface area contributed by atoms with Crippen molar-refractivity contribution in [1.82, 2.24) is 4.90 Å². The Hall–Kier alpha value is -2.38. The SMILES string of the molecule is CCCCOC(=O)c1ccc(N2C(=O)C(Cl)=C(N3CCOCC3)C2=O)cc1. The molecule has 0 radical (unpaired) electrons. The number of carbonyl (C=O) groups is 3. The standard InChI is InChI=1S/C19H21ClN2O5/c1-2-3-10-27-19(25)13-4-6-14(7-5-13)22-17(23)15(20)16(18(22)24)21-8-11-26-12-9-21/h4-7H,2-3,8-12H2,1H3. The summed E-state index contributed by atoms with van der Waals surface area (Å²) >= 11 is 6.17. The Labute approximate surface area is 162 Å². The van der Waals surface area contributed by atoms with Gasteiger partial charge in [0, 0.05) is 13.1 Å². The van der Waals surface area contributed by atoms with Crippen LogP contribution in [-0.2, 0) is 19.1 Å². The van der Waals surface area contributed by atoms with Crippen LogP contribution in [0.25, 0.3) is 0 Å². The summed E-state index contributed by atoms with van der Waals surface area (Å²) in [7, 11) is 0. The van der Waals surface area contributed by atoms with Crippen LogP contribution < -0.4 is 4.90 Å². The summed E-state index contributed by atoms with van der Waals surface area (Å²) in [6.07, 6.45) is 1.74. The molecule has 1 aromatic rings. The number of morpholine rings is 1. The van der Waals surface area contributed by atoms with E-state index < -0.39 is 17.8 Å². The van der Waals surface area contributed by atoms with Gasteiger partial charge >= 0.3 is 5.97 Å². The second kappa shape index (κ2) is 8.54. The lowest BCUT2D eigenvalue weighted by molar-refractivity contribution is -0.121. The number of benzene rings is 1. The molecular weight excluding hydrogens is 372 g/mol. The molecule has 8 heteroatoms. The van der Waals surface area contributed by atoms with Crippen molar-refractivity contribution in [2.24, 2.45) is 0 Å². The molecule has 2 amide bonds. The Balaban J connectivity index is 1.74. The number of unbranched alkanes of at least 4 members (excludes halogenated alkanes) is 1. The Morgan fingerprint density at radius 2 is 1.81 bits per heavy atom. The number of hydrogen-bond acceptors (Lipinski definition) is 6. The molecule has 1 fully saturated rings.